The minimum atomic E-state index is 0. The first-order chi connectivity index (χ1) is 11.3. The number of pyridine rings is 1. The standard InChI is InChI=1S/C18H20N4O.2ClH/c1-23-15-5-8-22(9-6-15)18-4-7-19-17-3-2-13(10-16(17)18)14-11-20-21-12-14;;/h2-4,7,10-12,15H,5-6,8-9H2,1H3,(H,20,21);2*1H. The third kappa shape index (κ3) is 3.89. The minimum absolute atomic E-state index is 0. The van der Waals surface area contributed by atoms with Crippen molar-refractivity contribution in [1.29, 1.82) is 0 Å². The van der Waals surface area contributed by atoms with E-state index in [1.54, 1.807) is 7.11 Å². The third-order valence-corrected chi connectivity index (χ3v) is 4.67. The number of methoxy groups -OCH3 is 1. The Kier molecular flexibility index (Phi) is 6.64. The van der Waals surface area contributed by atoms with Crippen molar-refractivity contribution in [3.8, 4) is 11.1 Å². The van der Waals surface area contributed by atoms with Crippen molar-refractivity contribution in [2.75, 3.05) is 25.1 Å². The zero-order chi connectivity index (χ0) is 15.6. The van der Waals surface area contributed by atoms with Crippen LogP contribution in [0.3, 0.4) is 0 Å². The molecule has 0 atom stereocenters. The number of fused-ring (bicyclic) bond motifs is 1. The van der Waals surface area contributed by atoms with Gasteiger partial charge in [0.2, 0.25) is 0 Å². The Hall–Kier alpha value is -1.82. The molecular formula is C18H22Cl2N4O. The number of halogens is 2. The maximum absolute atomic E-state index is 5.48. The Balaban J connectivity index is 0.00000113. The molecule has 3 heterocycles. The molecule has 0 saturated carbocycles. The normalized spacial score (nSPS) is 14.8. The average Bonchev–Trinajstić information content (AvgIpc) is 3.15. The van der Waals surface area contributed by atoms with Crippen LogP contribution in [-0.2, 0) is 4.74 Å². The van der Waals surface area contributed by atoms with E-state index >= 15 is 0 Å². The number of nitrogens with one attached hydrogen (secondary N) is 1. The Morgan fingerprint density at radius 2 is 1.92 bits per heavy atom. The van der Waals surface area contributed by atoms with Gasteiger partial charge in [-0.15, -0.1) is 24.8 Å². The van der Waals surface area contributed by atoms with Gasteiger partial charge in [-0.1, -0.05) is 6.07 Å². The number of hydrogen-bond acceptors (Lipinski definition) is 4. The van der Waals surface area contributed by atoms with Gasteiger partial charge >= 0.3 is 0 Å². The molecule has 0 unspecified atom stereocenters. The van der Waals surface area contributed by atoms with Crippen molar-refractivity contribution in [2.24, 2.45) is 0 Å². The largest absolute Gasteiger partial charge is 0.381 e. The van der Waals surface area contributed by atoms with Gasteiger partial charge in [-0.05, 0) is 36.6 Å². The molecule has 25 heavy (non-hydrogen) atoms. The van der Waals surface area contributed by atoms with E-state index in [4.69, 9.17) is 4.74 Å². The summed E-state index contributed by atoms with van der Waals surface area (Å²) in [5.74, 6) is 0. The molecule has 1 aliphatic heterocycles. The van der Waals surface area contributed by atoms with Gasteiger partial charge in [-0.2, -0.15) is 5.10 Å². The highest BCUT2D eigenvalue weighted by atomic mass is 35.5. The number of nitrogens with zero attached hydrogens (tertiary/aromatic N) is 3. The zero-order valence-electron chi connectivity index (χ0n) is 14.0. The average molecular weight is 381 g/mol. The second-order valence-corrected chi connectivity index (χ2v) is 5.97. The van der Waals surface area contributed by atoms with Gasteiger partial charge in [-0.3, -0.25) is 10.1 Å². The molecule has 134 valence electrons. The summed E-state index contributed by atoms with van der Waals surface area (Å²) in [7, 11) is 1.80. The van der Waals surface area contributed by atoms with Crippen LogP contribution in [0.5, 0.6) is 0 Å². The molecule has 0 spiro atoms. The second-order valence-electron chi connectivity index (χ2n) is 5.97. The fraction of sp³-hybridized carbons (Fsp3) is 0.333. The Bertz CT molecular complexity index is 802. The summed E-state index contributed by atoms with van der Waals surface area (Å²) in [5, 5.41) is 8.12. The monoisotopic (exact) mass is 380 g/mol. The number of H-pyrrole nitrogens is 1. The van der Waals surface area contributed by atoms with Crippen LogP contribution in [0.2, 0.25) is 0 Å². The summed E-state index contributed by atoms with van der Waals surface area (Å²) >= 11 is 0. The number of benzene rings is 1. The summed E-state index contributed by atoms with van der Waals surface area (Å²) in [6.07, 6.45) is 8.20. The smallest absolute Gasteiger partial charge is 0.0723 e. The van der Waals surface area contributed by atoms with Crippen LogP contribution >= 0.6 is 24.8 Å². The maximum Gasteiger partial charge on any atom is 0.0723 e. The van der Waals surface area contributed by atoms with Crippen molar-refractivity contribution in [2.45, 2.75) is 18.9 Å². The van der Waals surface area contributed by atoms with E-state index in [0.29, 0.717) is 6.10 Å². The predicted molar refractivity (Wildman–Crippen MR) is 106 cm³/mol. The highest BCUT2D eigenvalue weighted by molar-refractivity contribution is 5.94. The maximum atomic E-state index is 5.48. The number of hydrogen-bond donors (Lipinski definition) is 1. The van der Waals surface area contributed by atoms with E-state index in [9.17, 15) is 0 Å². The number of anilines is 1. The van der Waals surface area contributed by atoms with Gasteiger partial charge in [-0.25, -0.2) is 0 Å². The minimum Gasteiger partial charge on any atom is -0.381 e. The summed E-state index contributed by atoms with van der Waals surface area (Å²) in [6.45, 7) is 2.04. The van der Waals surface area contributed by atoms with Crippen molar-refractivity contribution < 1.29 is 4.74 Å². The lowest BCUT2D eigenvalue weighted by molar-refractivity contribution is 0.0819. The summed E-state index contributed by atoms with van der Waals surface area (Å²) in [6, 6.07) is 8.52. The molecule has 1 N–H and O–H groups in total. The van der Waals surface area contributed by atoms with E-state index in [1.165, 1.54) is 11.1 Å². The molecule has 7 heteroatoms. The molecule has 5 nitrogen and oxygen atoms in total. The molecule has 0 amide bonds. The van der Waals surface area contributed by atoms with Crippen LogP contribution in [0.1, 0.15) is 12.8 Å². The first-order valence-corrected chi connectivity index (χ1v) is 8.01. The fourth-order valence-electron chi connectivity index (χ4n) is 3.33. The summed E-state index contributed by atoms with van der Waals surface area (Å²) < 4.78 is 5.48. The number of aromatic nitrogens is 3. The highest BCUT2D eigenvalue weighted by Crippen LogP contribution is 2.31. The van der Waals surface area contributed by atoms with Crippen molar-refractivity contribution in [3.05, 3.63) is 42.9 Å². The molecule has 1 saturated heterocycles. The van der Waals surface area contributed by atoms with E-state index in [2.05, 4.69) is 44.3 Å². The summed E-state index contributed by atoms with van der Waals surface area (Å²) in [4.78, 5) is 6.96. The van der Waals surface area contributed by atoms with Crippen LogP contribution in [0, 0.1) is 0 Å². The first kappa shape index (κ1) is 19.5. The number of ether oxygens (including phenoxy) is 1. The molecule has 1 fully saturated rings. The van der Waals surface area contributed by atoms with Crippen molar-refractivity contribution in [3.63, 3.8) is 0 Å². The quantitative estimate of drug-likeness (QED) is 0.743. The van der Waals surface area contributed by atoms with Crippen LogP contribution in [0.25, 0.3) is 22.0 Å². The Morgan fingerprint density at radius 1 is 1.12 bits per heavy atom. The van der Waals surface area contributed by atoms with Crippen LogP contribution in [-0.4, -0.2) is 41.5 Å². The molecule has 0 radical (unpaired) electrons. The van der Waals surface area contributed by atoms with Gasteiger partial charge in [0.1, 0.15) is 0 Å². The lowest BCUT2D eigenvalue weighted by Gasteiger charge is -2.33. The number of aromatic amines is 1. The fourth-order valence-corrected chi connectivity index (χ4v) is 3.33. The lowest BCUT2D eigenvalue weighted by atomic mass is 10.0. The molecular weight excluding hydrogens is 359 g/mol. The molecule has 4 rings (SSSR count). The highest BCUT2D eigenvalue weighted by Gasteiger charge is 2.20. The zero-order valence-corrected chi connectivity index (χ0v) is 15.6. The van der Waals surface area contributed by atoms with Crippen LogP contribution < -0.4 is 4.90 Å². The van der Waals surface area contributed by atoms with Gasteiger partial charge in [0.15, 0.2) is 0 Å². The van der Waals surface area contributed by atoms with Crippen LogP contribution in [0.4, 0.5) is 5.69 Å². The van der Waals surface area contributed by atoms with E-state index < -0.39 is 0 Å². The molecule has 2 aromatic heterocycles. The number of piperidine rings is 1. The second kappa shape index (κ2) is 8.52. The van der Waals surface area contributed by atoms with Gasteiger partial charge in [0.25, 0.3) is 0 Å². The third-order valence-electron chi connectivity index (χ3n) is 4.67. The topological polar surface area (TPSA) is 54.0 Å². The van der Waals surface area contributed by atoms with Gasteiger partial charge in [0.05, 0.1) is 17.8 Å². The van der Waals surface area contributed by atoms with E-state index in [0.717, 1.165) is 42.6 Å². The SMILES string of the molecule is COC1CCN(c2ccnc3ccc(-c4cn[nH]c4)cc23)CC1.Cl.Cl. The number of rotatable bonds is 3. The van der Waals surface area contributed by atoms with Gasteiger partial charge < -0.3 is 9.64 Å². The lowest BCUT2D eigenvalue weighted by Crippen LogP contribution is -2.36. The molecule has 1 aromatic carbocycles. The van der Waals surface area contributed by atoms with Crippen LogP contribution in [0.15, 0.2) is 42.9 Å². The van der Waals surface area contributed by atoms with E-state index in [1.807, 2.05) is 18.6 Å². The molecule has 3 aromatic rings. The molecule has 1 aliphatic rings. The molecule has 0 aliphatic carbocycles. The van der Waals surface area contributed by atoms with Crippen molar-refractivity contribution in [1.82, 2.24) is 15.2 Å². The van der Waals surface area contributed by atoms with E-state index in [-0.39, 0.29) is 24.8 Å². The predicted octanol–water partition coefficient (Wildman–Crippen LogP) is 4.08. The summed E-state index contributed by atoms with van der Waals surface area (Å²) in [5.41, 5.74) is 4.55. The Labute approximate surface area is 159 Å². The van der Waals surface area contributed by atoms with Crippen molar-refractivity contribution >= 4 is 41.4 Å². The molecule has 0 bridgehead atoms. The Morgan fingerprint density at radius 3 is 2.60 bits per heavy atom. The van der Waals surface area contributed by atoms with Gasteiger partial charge in [0, 0.05) is 49.2 Å². The first-order valence-electron chi connectivity index (χ1n) is 8.01.